The Kier molecular flexibility index (Phi) is 12.3. The SMILES string of the molecule is CCOc1cc(S(=O)(=O)N2CCCC2)ccc1C(=O)OC.CCOc1cc(S(=O)(=O)N2CCOCC2)ccc1C(=O)OC. The molecule has 0 unspecified atom stereocenters. The first kappa shape index (κ1) is 34.3. The lowest BCUT2D eigenvalue weighted by atomic mass is 10.2. The van der Waals surface area contributed by atoms with Gasteiger partial charge in [0.05, 0.1) is 50.4 Å². The zero-order chi connectivity index (χ0) is 31.6. The molecule has 238 valence electrons. The maximum absolute atomic E-state index is 12.6. The highest BCUT2D eigenvalue weighted by molar-refractivity contribution is 7.89. The number of hydrogen-bond donors (Lipinski definition) is 0. The van der Waals surface area contributed by atoms with Crippen LogP contribution in [0.5, 0.6) is 11.5 Å². The highest BCUT2D eigenvalue weighted by Crippen LogP contribution is 2.28. The maximum Gasteiger partial charge on any atom is 0.341 e. The largest absolute Gasteiger partial charge is 0.493 e. The molecule has 0 saturated carbocycles. The van der Waals surface area contributed by atoms with Crippen molar-refractivity contribution in [3.8, 4) is 11.5 Å². The molecule has 2 heterocycles. The van der Waals surface area contributed by atoms with Crippen LogP contribution in [0.15, 0.2) is 46.2 Å². The summed E-state index contributed by atoms with van der Waals surface area (Å²) in [6.45, 7) is 6.59. The number of esters is 2. The predicted octanol–water partition coefficient (Wildman–Crippen LogP) is 2.55. The Morgan fingerprint density at radius 1 is 0.698 bits per heavy atom. The fraction of sp³-hybridized carbons (Fsp3) is 0.500. The molecule has 2 aromatic rings. The summed E-state index contributed by atoms with van der Waals surface area (Å²) in [5, 5.41) is 0. The number of sulfonamides is 2. The number of hydrogen-bond acceptors (Lipinski definition) is 11. The summed E-state index contributed by atoms with van der Waals surface area (Å²) >= 11 is 0. The molecule has 2 fully saturated rings. The molecular formula is C28H38N2O11S2. The van der Waals surface area contributed by atoms with Gasteiger partial charge in [-0.05, 0) is 51.0 Å². The fourth-order valence-electron chi connectivity index (χ4n) is 4.45. The Hall–Kier alpha value is -3.24. The van der Waals surface area contributed by atoms with E-state index >= 15 is 0 Å². The molecule has 13 nitrogen and oxygen atoms in total. The average molecular weight is 643 g/mol. The van der Waals surface area contributed by atoms with Crippen molar-refractivity contribution in [3.05, 3.63) is 47.5 Å². The molecule has 0 radical (unpaired) electrons. The van der Waals surface area contributed by atoms with E-state index in [0.717, 1.165) is 12.8 Å². The Labute approximate surface area is 252 Å². The van der Waals surface area contributed by atoms with Crippen molar-refractivity contribution in [2.75, 3.05) is 66.8 Å². The van der Waals surface area contributed by atoms with Crippen molar-refractivity contribution < 1.29 is 50.1 Å². The van der Waals surface area contributed by atoms with Crippen molar-refractivity contribution in [2.24, 2.45) is 0 Å². The van der Waals surface area contributed by atoms with E-state index in [-0.39, 0.29) is 32.4 Å². The van der Waals surface area contributed by atoms with Crippen LogP contribution in [0.2, 0.25) is 0 Å². The Morgan fingerprint density at radius 3 is 1.47 bits per heavy atom. The molecule has 0 aromatic heterocycles. The van der Waals surface area contributed by atoms with Gasteiger partial charge in [-0.25, -0.2) is 26.4 Å². The molecule has 43 heavy (non-hydrogen) atoms. The summed E-state index contributed by atoms with van der Waals surface area (Å²) in [6, 6.07) is 8.40. The molecule has 2 aliphatic heterocycles. The van der Waals surface area contributed by atoms with Gasteiger partial charge in [0.2, 0.25) is 20.0 Å². The van der Waals surface area contributed by atoms with Crippen LogP contribution < -0.4 is 9.47 Å². The third-order valence-corrected chi connectivity index (χ3v) is 10.4. The van der Waals surface area contributed by atoms with Crippen LogP contribution in [0.4, 0.5) is 0 Å². The smallest absolute Gasteiger partial charge is 0.341 e. The van der Waals surface area contributed by atoms with Crippen LogP contribution in [-0.4, -0.2) is 104 Å². The first-order chi connectivity index (χ1) is 20.5. The van der Waals surface area contributed by atoms with Gasteiger partial charge in [-0.3, -0.25) is 0 Å². The lowest BCUT2D eigenvalue weighted by molar-refractivity contribution is 0.0587. The molecule has 0 N–H and O–H groups in total. The topological polar surface area (TPSA) is 155 Å². The predicted molar refractivity (Wildman–Crippen MR) is 155 cm³/mol. The number of carbonyl (C=O) groups is 2. The van der Waals surface area contributed by atoms with Gasteiger partial charge in [0.1, 0.15) is 22.6 Å². The Bertz CT molecular complexity index is 1480. The van der Waals surface area contributed by atoms with Gasteiger partial charge >= 0.3 is 11.9 Å². The van der Waals surface area contributed by atoms with E-state index in [4.69, 9.17) is 14.2 Å². The summed E-state index contributed by atoms with van der Waals surface area (Å²) in [5.74, 6) is -0.698. The molecule has 2 aliphatic rings. The maximum atomic E-state index is 12.6. The molecule has 4 rings (SSSR count). The van der Waals surface area contributed by atoms with E-state index < -0.39 is 32.0 Å². The highest BCUT2D eigenvalue weighted by Gasteiger charge is 2.29. The Balaban J connectivity index is 0.000000236. The van der Waals surface area contributed by atoms with Gasteiger partial charge < -0.3 is 23.7 Å². The summed E-state index contributed by atoms with van der Waals surface area (Å²) in [6.07, 6.45) is 1.75. The summed E-state index contributed by atoms with van der Waals surface area (Å²) < 4.78 is 78.2. The van der Waals surface area contributed by atoms with Gasteiger partial charge in [0, 0.05) is 38.3 Å². The van der Waals surface area contributed by atoms with Crippen LogP contribution >= 0.6 is 0 Å². The number of carbonyl (C=O) groups excluding carboxylic acids is 2. The molecule has 0 atom stereocenters. The lowest BCUT2D eigenvalue weighted by Crippen LogP contribution is -2.40. The van der Waals surface area contributed by atoms with E-state index in [9.17, 15) is 26.4 Å². The van der Waals surface area contributed by atoms with Crippen LogP contribution in [0.1, 0.15) is 47.4 Å². The van der Waals surface area contributed by atoms with Crippen molar-refractivity contribution >= 4 is 32.0 Å². The standard InChI is InChI=1S/C14H19NO6S.C14H19NO5S/c1-3-21-13-10-11(4-5-12(13)14(16)19-2)22(17,18)15-6-8-20-9-7-15;1-3-20-13-10-11(6-7-12(13)14(16)19-2)21(17,18)15-8-4-5-9-15/h4-5,10H,3,6-9H2,1-2H3;6-7,10H,3-5,8-9H2,1-2H3. The number of nitrogens with zero attached hydrogens (tertiary/aromatic N) is 2. The molecule has 0 bridgehead atoms. The van der Waals surface area contributed by atoms with E-state index in [1.54, 1.807) is 13.8 Å². The van der Waals surface area contributed by atoms with Crippen molar-refractivity contribution in [3.63, 3.8) is 0 Å². The van der Waals surface area contributed by atoms with Gasteiger partial charge in [0.15, 0.2) is 0 Å². The third-order valence-electron chi connectivity index (χ3n) is 6.63. The number of rotatable bonds is 10. The second-order valence-electron chi connectivity index (χ2n) is 9.29. The van der Waals surface area contributed by atoms with Gasteiger partial charge in [-0.1, -0.05) is 0 Å². The first-order valence-electron chi connectivity index (χ1n) is 13.8. The third kappa shape index (κ3) is 8.23. The quantitative estimate of drug-likeness (QED) is 0.351. The number of benzene rings is 2. The van der Waals surface area contributed by atoms with Gasteiger partial charge in [-0.15, -0.1) is 0 Å². The minimum absolute atomic E-state index is 0.0884. The number of morpholine rings is 1. The van der Waals surface area contributed by atoms with Gasteiger partial charge in [0.25, 0.3) is 0 Å². The zero-order valence-corrected chi connectivity index (χ0v) is 26.4. The van der Waals surface area contributed by atoms with Gasteiger partial charge in [-0.2, -0.15) is 8.61 Å². The minimum atomic E-state index is -3.63. The van der Waals surface area contributed by atoms with Crippen molar-refractivity contribution in [1.29, 1.82) is 0 Å². The molecule has 0 spiro atoms. The summed E-state index contributed by atoms with van der Waals surface area (Å²) in [7, 11) is -4.63. The lowest BCUT2D eigenvalue weighted by Gasteiger charge is -2.26. The molecule has 15 heteroatoms. The van der Waals surface area contributed by atoms with E-state index in [1.165, 1.54) is 59.2 Å². The second-order valence-corrected chi connectivity index (χ2v) is 13.2. The van der Waals surface area contributed by atoms with Crippen molar-refractivity contribution in [1.82, 2.24) is 8.61 Å². The summed E-state index contributed by atoms with van der Waals surface area (Å²) in [5.41, 5.74) is 0.421. The van der Waals surface area contributed by atoms with Crippen LogP contribution in [0.3, 0.4) is 0 Å². The average Bonchev–Trinajstić information content (AvgIpc) is 3.58. The van der Waals surface area contributed by atoms with E-state index in [0.29, 0.717) is 52.6 Å². The molecule has 2 saturated heterocycles. The minimum Gasteiger partial charge on any atom is -0.493 e. The zero-order valence-electron chi connectivity index (χ0n) is 24.7. The van der Waals surface area contributed by atoms with E-state index in [1.807, 2.05) is 0 Å². The van der Waals surface area contributed by atoms with Crippen LogP contribution in [-0.2, 0) is 34.3 Å². The highest BCUT2D eigenvalue weighted by atomic mass is 32.2. The first-order valence-corrected chi connectivity index (χ1v) is 16.7. The Morgan fingerprint density at radius 2 is 1.09 bits per heavy atom. The van der Waals surface area contributed by atoms with Crippen LogP contribution in [0, 0.1) is 0 Å². The monoisotopic (exact) mass is 642 g/mol. The second kappa shape index (κ2) is 15.5. The fourth-order valence-corrected chi connectivity index (χ4v) is 7.40. The van der Waals surface area contributed by atoms with E-state index in [2.05, 4.69) is 9.47 Å². The number of ether oxygens (including phenoxy) is 5. The van der Waals surface area contributed by atoms with Crippen molar-refractivity contribution in [2.45, 2.75) is 36.5 Å². The summed E-state index contributed by atoms with van der Waals surface area (Å²) in [4.78, 5) is 23.6. The molecule has 2 aromatic carbocycles. The number of methoxy groups -OCH3 is 2. The molecule has 0 amide bonds. The van der Waals surface area contributed by atoms with Crippen LogP contribution in [0.25, 0.3) is 0 Å². The molecular weight excluding hydrogens is 604 g/mol. The molecule has 0 aliphatic carbocycles. The normalized spacial score (nSPS) is 16.1.